The molecule has 0 heterocycles. The van der Waals surface area contributed by atoms with Gasteiger partial charge in [-0.3, -0.25) is 32.5 Å². The number of esters is 3. The van der Waals surface area contributed by atoms with Gasteiger partial charge in [-0.1, -0.05) is 226 Å². The van der Waals surface area contributed by atoms with Crippen LogP contribution in [-0.4, -0.2) is 95.9 Å². The van der Waals surface area contributed by atoms with Crippen LogP contribution in [-0.2, 0) is 55.8 Å². The predicted molar refractivity (Wildman–Crippen MR) is 362 cm³/mol. The second-order valence-corrected chi connectivity index (χ2v) is 25.1. The summed E-state index contributed by atoms with van der Waals surface area (Å²) in [5.74, 6) is -1.63. The summed E-state index contributed by atoms with van der Waals surface area (Å²) >= 11 is 0. The fourth-order valence-corrected chi connectivity index (χ4v) is 10.0. The highest BCUT2D eigenvalue weighted by Gasteiger charge is 2.29. The summed E-state index contributed by atoms with van der Waals surface area (Å²) in [6, 6.07) is 0. The van der Waals surface area contributed by atoms with Crippen molar-refractivity contribution in [3.8, 4) is 0 Å². The van der Waals surface area contributed by atoms with Crippen molar-refractivity contribution in [2.75, 3.05) is 39.6 Å². The first-order valence-electron chi connectivity index (χ1n) is 33.8. The summed E-state index contributed by atoms with van der Waals surface area (Å²) in [5, 5.41) is 20.5. The number of unbranched alkanes of at least 4 members (excludes halogenated alkanes) is 20. The minimum Gasteiger partial charge on any atom is -0.463 e. The van der Waals surface area contributed by atoms with Crippen LogP contribution in [0.5, 0.6) is 0 Å². The standard InChI is InChI=1S/C71H120O16P2/c1-4-7-10-13-16-19-22-25-27-29-31-32-34-36-37-40-42-45-48-51-54-57-69(74)81-60-66(72)61-83-88(77,78)84-62-67(73)63-85-89(79,80)86-65-68(87-71(76)59-56-53-50-47-44-39-24-21-18-15-12-9-6-3)64-82-70(75)58-55-52-49-46-43-41-38-35-33-30-28-26-23-20-17-14-11-8-5-2/h7,10,12,15-17,19-21,24-28,31-33,35-37,66-68,72-73H,4-6,8-9,11,13-14,18,22-23,29-30,34,38-65H2,1-3H3,(H,77,78)(H,79,80)/b10-7-,15-12-,19-16-,20-17-,24-21-,27-25-,28-26-,32-31-,35-33-,37-36-. The molecule has 0 aliphatic rings. The molecule has 0 rings (SSSR count). The maximum atomic E-state index is 12.9. The van der Waals surface area contributed by atoms with Crippen molar-refractivity contribution in [3.63, 3.8) is 0 Å². The van der Waals surface area contributed by atoms with Crippen LogP contribution in [0.4, 0.5) is 0 Å². The van der Waals surface area contributed by atoms with Gasteiger partial charge in [0.25, 0.3) is 0 Å². The number of hydrogen-bond donors (Lipinski definition) is 4. The van der Waals surface area contributed by atoms with Crippen molar-refractivity contribution in [2.45, 2.75) is 270 Å². The van der Waals surface area contributed by atoms with Crippen LogP contribution in [0, 0.1) is 0 Å². The molecule has 5 atom stereocenters. The number of phosphoric ester groups is 2. The number of phosphoric acid groups is 2. The van der Waals surface area contributed by atoms with E-state index in [1.54, 1.807) is 0 Å². The summed E-state index contributed by atoms with van der Waals surface area (Å²) in [7, 11) is -9.79. The number of allylic oxidation sites excluding steroid dienone is 20. The Morgan fingerprint density at radius 2 is 0.618 bits per heavy atom. The van der Waals surface area contributed by atoms with Crippen molar-refractivity contribution < 1.29 is 75.8 Å². The summed E-state index contributed by atoms with van der Waals surface area (Å²) in [6.45, 7) is 2.39. The Bertz CT molecular complexity index is 2110. The molecule has 0 aromatic heterocycles. The van der Waals surface area contributed by atoms with Crippen LogP contribution >= 0.6 is 15.6 Å². The van der Waals surface area contributed by atoms with Crippen molar-refractivity contribution in [2.24, 2.45) is 0 Å². The largest absolute Gasteiger partial charge is 0.472 e. The molecule has 0 amide bonds. The average molecular weight is 1290 g/mol. The maximum absolute atomic E-state index is 12.9. The Morgan fingerprint density at radius 3 is 0.989 bits per heavy atom. The first kappa shape index (κ1) is 85.0. The third-order valence-electron chi connectivity index (χ3n) is 13.6. The molecule has 0 spiro atoms. The highest BCUT2D eigenvalue weighted by atomic mass is 31.2. The Labute approximate surface area is 538 Å². The van der Waals surface area contributed by atoms with Gasteiger partial charge in [-0.2, -0.15) is 0 Å². The lowest BCUT2D eigenvalue weighted by Gasteiger charge is -2.21. The predicted octanol–water partition coefficient (Wildman–Crippen LogP) is 18.6. The van der Waals surface area contributed by atoms with Gasteiger partial charge in [-0.15, -0.1) is 0 Å². The van der Waals surface area contributed by atoms with Crippen molar-refractivity contribution in [1.29, 1.82) is 0 Å². The number of carbonyl (C=O) groups is 3. The monoisotopic (exact) mass is 1290 g/mol. The fourth-order valence-electron chi connectivity index (χ4n) is 8.46. The van der Waals surface area contributed by atoms with Gasteiger partial charge in [0.05, 0.1) is 26.4 Å². The molecule has 89 heavy (non-hydrogen) atoms. The third kappa shape index (κ3) is 65.3. The lowest BCUT2D eigenvalue weighted by atomic mass is 10.1. The molecule has 16 nitrogen and oxygen atoms in total. The van der Waals surface area contributed by atoms with Gasteiger partial charge in [0.2, 0.25) is 0 Å². The van der Waals surface area contributed by atoms with Gasteiger partial charge in [-0.05, 0) is 128 Å². The van der Waals surface area contributed by atoms with Crippen molar-refractivity contribution >= 4 is 33.6 Å². The summed E-state index contributed by atoms with van der Waals surface area (Å²) < 4.78 is 60.8. The van der Waals surface area contributed by atoms with E-state index in [2.05, 4.69) is 142 Å². The molecule has 0 aliphatic carbocycles. The lowest BCUT2D eigenvalue weighted by Crippen LogP contribution is -2.30. The molecule has 0 saturated carbocycles. The molecule has 5 unspecified atom stereocenters. The molecule has 0 radical (unpaired) electrons. The Hall–Kier alpha value is -4.05. The van der Waals surface area contributed by atoms with Crippen LogP contribution in [0.1, 0.15) is 252 Å². The molecule has 0 saturated heterocycles. The van der Waals surface area contributed by atoms with E-state index >= 15 is 0 Å². The van der Waals surface area contributed by atoms with Crippen molar-refractivity contribution in [3.05, 3.63) is 122 Å². The zero-order valence-corrected chi connectivity index (χ0v) is 56.8. The average Bonchev–Trinajstić information content (AvgIpc) is 3.55. The lowest BCUT2D eigenvalue weighted by molar-refractivity contribution is -0.161. The Morgan fingerprint density at radius 1 is 0.326 bits per heavy atom. The molecule has 0 aliphatic heterocycles. The zero-order valence-electron chi connectivity index (χ0n) is 55.1. The molecule has 510 valence electrons. The number of rotatable bonds is 63. The number of aliphatic hydroxyl groups excluding tert-OH is 2. The van der Waals surface area contributed by atoms with E-state index in [0.717, 1.165) is 173 Å². The number of carbonyl (C=O) groups excluding carboxylic acids is 3. The van der Waals surface area contributed by atoms with E-state index in [4.69, 9.17) is 32.3 Å². The van der Waals surface area contributed by atoms with Crippen LogP contribution in [0.3, 0.4) is 0 Å². The molecule has 0 fully saturated rings. The minimum atomic E-state index is -4.93. The van der Waals surface area contributed by atoms with Gasteiger partial charge in [-0.25, -0.2) is 9.13 Å². The molecular weight excluding hydrogens is 1170 g/mol. The second kappa shape index (κ2) is 64.1. The van der Waals surface area contributed by atoms with E-state index < -0.39 is 91.5 Å². The van der Waals surface area contributed by atoms with Gasteiger partial charge in [0.1, 0.15) is 25.4 Å². The first-order chi connectivity index (χ1) is 43.2. The first-order valence-corrected chi connectivity index (χ1v) is 36.8. The van der Waals surface area contributed by atoms with E-state index in [1.807, 2.05) is 0 Å². The van der Waals surface area contributed by atoms with Gasteiger partial charge < -0.3 is 34.2 Å². The quantitative estimate of drug-likeness (QED) is 0.0146. The number of aliphatic hydroxyl groups is 2. The topological polar surface area (TPSA) is 231 Å². The molecule has 18 heteroatoms. The van der Waals surface area contributed by atoms with Crippen LogP contribution in [0.25, 0.3) is 0 Å². The second-order valence-electron chi connectivity index (χ2n) is 22.2. The SMILES string of the molecule is CC/C=C\C/C=C\C/C=C\C/C=C\C/C=C\CCCCCCCC(=O)OCC(O)COP(=O)(O)OCC(O)COP(=O)(O)OCC(COC(=O)CCCCCCCC/C=C\C/C=C\C/C=C\CCCCC)OC(=O)CCCCCCC/C=C\C/C=C\CCC. The molecule has 0 bridgehead atoms. The number of ether oxygens (including phenoxy) is 3. The molecule has 0 aromatic carbocycles. The van der Waals surface area contributed by atoms with Crippen LogP contribution in [0.2, 0.25) is 0 Å². The minimum absolute atomic E-state index is 0.0821. The van der Waals surface area contributed by atoms with E-state index in [1.165, 1.54) is 19.3 Å². The normalized spacial score (nSPS) is 15.0. The zero-order chi connectivity index (χ0) is 65.3. The van der Waals surface area contributed by atoms with E-state index in [0.29, 0.717) is 19.3 Å². The Balaban J connectivity index is 4.67. The molecule has 4 N–H and O–H groups in total. The summed E-state index contributed by atoms with van der Waals surface area (Å²) in [4.78, 5) is 58.3. The molecular formula is C71H120O16P2. The molecule has 0 aromatic rings. The van der Waals surface area contributed by atoms with Crippen LogP contribution < -0.4 is 0 Å². The highest BCUT2D eigenvalue weighted by molar-refractivity contribution is 7.47. The Kier molecular flexibility index (Phi) is 61.2. The van der Waals surface area contributed by atoms with E-state index in [-0.39, 0.29) is 19.3 Å². The van der Waals surface area contributed by atoms with Crippen LogP contribution in [0.15, 0.2) is 122 Å². The highest BCUT2D eigenvalue weighted by Crippen LogP contribution is 2.45. The summed E-state index contributed by atoms with van der Waals surface area (Å²) in [6.07, 6.45) is 72.5. The maximum Gasteiger partial charge on any atom is 0.472 e. The smallest absolute Gasteiger partial charge is 0.463 e. The van der Waals surface area contributed by atoms with Gasteiger partial charge in [0.15, 0.2) is 6.10 Å². The van der Waals surface area contributed by atoms with E-state index in [9.17, 15) is 43.5 Å². The fraction of sp³-hybridized carbons (Fsp3) is 0.676. The summed E-state index contributed by atoms with van der Waals surface area (Å²) in [5.41, 5.74) is 0. The van der Waals surface area contributed by atoms with Crippen molar-refractivity contribution in [1.82, 2.24) is 0 Å². The number of hydrogen-bond acceptors (Lipinski definition) is 14. The van der Waals surface area contributed by atoms with Gasteiger partial charge >= 0.3 is 33.6 Å². The third-order valence-corrected chi connectivity index (χ3v) is 15.5. The van der Waals surface area contributed by atoms with Gasteiger partial charge in [0, 0.05) is 19.3 Å².